The summed E-state index contributed by atoms with van der Waals surface area (Å²) in [6.45, 7) is 4.10. The van der Waals surface area contributed by atoms with E-state index in [4.69, 9.17) is 34.7 Å². The Kier molecular flexibility index (Phi) is 9.86. The van der Waals surface area contributed by atoms with Gasteiger partial charge in [-0.05, 0) is 97.2 Å². The fraction of sp³-hybridized carbons (Fsp3) is 0.316. The van der Waals surface area contributed by atoms with Crippen molar-refractivity contribution in [3.63, 3.8) is 0 Å². The van der Waals surface area contributed by atoms with Crippen LogP contribution >= 0.6 is 23.2 Å². The lowest BCUT2D eigenvalue weighted by molar-refractivity contribution is 0.345. The molecule has 2 fully saturated rings. The largest absolute Gasteiger partial charge is 0.371 e. The van der Waals surface area contributed by atoms with E-state index in [1.54, 1.807) is 0 Å². The number of nitrogens with one attached hydrogen (secondary N) is 2. The molecule has 48 heavy (non-hydrogen) atoms. The predicted molar refractivity (Wildman–Crippen MR) is 199 cm³/mol. The van der Waals surface area contributed by atoms with Crippen LogP contribution in [0.25, 0.3) is 22.1 Å². The van der Waals surface area contributed by atoms with E-state index in [9.17, 15) is 0 Å². The van der Waals surface area contributed by atoms with Crippen LogP contribution in [0.1, 0.15) is 48.9 Å². The third-order valence-electron chi connectivity index (χ3n) is 10.2. The summed E-state index contributed by atoms with van der Waals surface area (Å²) in [6, 6.07) is 24.4. The van der Waals surface area contributed by atoms with Crippen LogP contribution in [0.3, 0.4) is 0 Å². The van der Waals surface area contributed by atoms with Crippen LogP contribution in [0.4, 0.5) is 11.4 Å². The zero-order valence-electron chi connectivity index (χ0n) is 26.9. The van der Waals surface area contributed by atoms with Gasteiger partial charge in [-0.3, -0.25) is 0 Å². The van der Waals surface area contributed by atoms with Gasteiger partial charge in [-0.1, -0.05) is 47.5 Å². The van der Waals surface area contributed by atoms with Crippen LogP contribution < -0.4 is 21.3 Å². The predicted octanol–water partition coefficient (Wildman–Crippen LogP) is 8.27. The van der Waals surface area contributed by atoms with Gasteiger partial charge < -0.3 is 31.2 Å². The van der Waals surface area contributed by atoms with Crippen LogP contribution in [0.2, 0.25) is 10.0 Å². The quantitative estimate of drug-likeness (QED) is 0.141. The van der Waals surface area contributed by atoms with Crippen molar-refractivity contribution in [3.05, 3.63) is 119 Å². The standard InChI is InChI=1S/2C19H21ClN4/c2*20-15-3-1-13(2-4-15)18(21)14-7-11-24(12-8-14)17-6-10-23-19-16(17)5-9-22-19/h2*1-6,9-10,14,18H,7-8,11-12,21H2,(H,22,23)/t18-;/m0./s1. The minimum Gasteiger partial charge on any atom is -0.371 e. The molecule has 2 saturated heterocycles. The first kappa shape index (κ1) is 32.5. The number of H-pyrrole nitrogens is 2. The molecule has 0 amide bonds. The summed E-state index contributed by atoms with van der Waals surface area (Å²) in [7, 11) is 0. The molecule has 0 saturated carbocycles. The van der Waals surface area contributed by atoms with Gasteiger partial charge in [-0.25, -0.2) is 9.97 Å². The van der Waals surface area contributed by atoms with E-state index in [-0.39, 0.29) is 12.1 Å². The van der Waals surface area contributed by atoms with Crippen molar-refractivity contribution in [1.29, 1.82) is 0 Å². The topological polar surface area (TPSA) is 116 Å². The Balaban J connectivity index is 0.000000152. The minimum atomic E-state index is 0.0779. The average molecular weight is 682 g/mol. The van der Waals surface area contributed by atoms with E-state index in [2.05, 4.69) is 54.0 Å². The molecule has 8 nitrogen and oxygen atoms in total. The first-order valence-electron chi connectivity index (χ1n) is 16.8. The van der Waals surface area contributed by atoms with E-state index >= 15 is 0 Å². The number of piperidine rings is 2. The number of hydrogen-bond acceptors (Lipinski definition) is 6. The fourth-order valence-corrected chi connectivity index (χ4v) is 7.61. The minimum absolute atomic E-state index is 0.0779. The fourth-order valence-electron chi connectivity index (χ4n) is 7.36. The highest BCUT2D eigenvalue weighted by Crippen LogP contribution is 2.35. The molecule has 0 radical (unpaired) electrons. The highest BCUT2D eigenvalue weighted by atomic mass is 35.5. The zero-order valence-corrected chi connectivity index (χ0v) is 28.4. The molecular formula is C38H42Cl2N8. The Hall–Kier alpha value is -4.08. The zero-order chi connectivity index (χ0) is 33.0. The molecule has 10 heteroatoms. The Morgan fingerprint density at radius 3 is 1.31 bits per heavy atom. The maximum Gasteiger partial charge on any atom is 0.139 e. The van der Waals surface area contributed by atoms with Crippen LogP contribution in [0, 0.1) is 11.8 Å². The number of anilines is 2. The van der Waals surface area contributed by atoms with Crippen molar-refractivity contribution >= 4 is 56.6 Å². The Morgan fingerprint density at radius 2 is 0.938 bits per heavy atom. The number of aromatic nitrogens is 4. The Labute approximate surface area is 291 Å². The van der Waals surface area contributed by atoms with E-state index in [0.717, 1.165) is 73.2 Å². The van der Waals surface area contributed by atoms with Crippen LogP contribution in [0.15, 0.2) is 97.6 Å². The molecule has 248 valence electrons. The normalized spacial score (nSPS) is 17.3. The number of pyridine rings is 2. The molecule has 0 aliphatic carbocycles. The van der Waals surface area contributed by atoms with Crippen molar-refractivity contribution in [1.82, 2.24) is 19.9 Å². The van der Waals surface area contributed by atoms with Gasteiger partial charge in [0.2, 0.25) is 0 Å². The average Bonchev–Trinajstić information content (AvgIpc) is 3.83. The van der Waals surface area contributed by atoms with Gasteiger partial charge in [-0.2, -0.15) is 0 Å². The maximum atomic E-state index is 6.50. The van der Waals surface area contributed by atoms with Gasteiger partial charge in [-0.15, -0.1) is 0 Å². The van der Waals surface area contributed by atoms with Gasteiger partial charge in [0.1, 0.15) is 11.3 Å². The van der Waals surface area contributed by atoms with E-state index < -0.39 is 0 Å². The SMILES string of the molecule is NC(c1ccc(Cl)cc1)C1CCN(c2ccnc3[nH]ccc23)CC1.N[C@@H](c1ccc(Cl)cc1)C1CCN(c2ccnc3[nH]ccc23)CC1. The molecule has 2 aromatic carbocycles. The van der Waals surface area contributed by atoms with Crippen LogP contribution in [0.5, 0.6) is 0 Å². The molecule has 8 rings (SSSR count). The first-order chi connectivity index (χ1) is 23.4. The van der Waals surface area contributed by atoms with Crippen molar-refractivity contribution in [2.24, 2.45) is 23.3 Å². The summed E-state index contributed by atoms with van der Waals surface area (Å²) < 4.78 is 0. The smallest absolute Gasteiger partial charge is 0.139 e. The summed E-state index contributed by atoms with van der Waals surface area (Å²) in [5.74, 6) is 1.01. The molecule has 2 atom stereocenters. The molecule has 1 unspecified atom stereocenters. The van der Waals surface area contributed by atoms with Gasteiger partial charge >= 0.3 is 0 Å². The van der Waals surface area contributed by atoms with Crippen molar-refractivity contribution in [3.8, 4) is 0 Å². The highest BCUT2D eigenvalue weighted by molar-refractivity contribution is 6.30. The second kappa shape index (κ2) is 14.6. The Morgan fingerprint density at radius 1 is 0.562 bits per heavy atom. The number of nitrogens with zero attached hydrogens (tertiary/aromatic N) is 4. The molecule has 2 aliphatic heterocycles. The third-order valence-corrected chi connectivity index (χ3v) is 10.7. The monoisotopic (exact) mass is 680 g/mol. The molecule has 4 aromatic heterocycles. The van der Waals surface area contributed by atoms with Gasteiger partial charge in [0.25, 0.3) is 0 Å². The first-order valence-corrected chi connectivity index (χ1v) is 17.6. The molecule has 6 N–H and O–H groups in total. The number of aromatic amines is 2. The summed E-state index contributed by atoms with van der Waals surface area (Å²) in [4.78, 5) is 20.0. The second-order valence-corrected chi connectivity index (χ2v) is 13.8. The van der Waals surface area contributed by atoms with Crippen LogP contribution in [-0.2, 0) is 0 Å². The number of nitrogens with two attached hydrogens (primary N) is 2. The number of benzene rings is 2. The lowest BCUT2D eigenvalue weighted by Gasteiger charge is -2.36. The second-order valence-electron chi connectivity index (χ2n) is 12.9. The molecular weight excluding hydrogens is 639 g/mol. The molecule has 2 aliphatic rings. The third kappa shape index (κ3) is 7.03. The highest BCUT2D eigenvalue weighted by Gasteiger charge is 2.27. The van der Waals surface area contributed by atoms with Crippen LogP contribution in [-0.4, -0.2) is 46.1 Å². The van der Waals surface area contributed by atoms with Crippen molar-refractivity contribution < 1.29 is 0 Å². The molecule has 6 heterocycles. The lowest BCUT2D eigenvalue weighted by Crippen LogP contribution is -2.37. The summed E-state index contributed by atoms with van der Waals surface area (Å²) in [5.41, 5.74) is 19.8. The summed E-state index contributed by atoms with van der Waals surface area (Å²) >= 11 is 11.9. The van der Waals surface area contributed by atoms with Crippen molar-refractivity contribution in [2.45, 2.75) is 37.8 Å². The van der Waals surface area contributed by atoms with E-state index in [1.165, 1.54) is 33.3 Å². The summed E-state index contributed by atoms with van der Waals surface area (Å²) in [6.07, 6.45) is 12.0. The number of fused-ring (bicyclic) bond motifs is 2. The number of hydrogen-bond donors (Lipinski definition) is 4. The number of rotatable bonds is 6. The lowest BCUT2D eigenvalue weighted by atomic mass is 9.86. The van der Waals surface area contributed by atoms with Gasteiger partial charge in [0.15, 0.2) is 0 Å². The van der Waals surface area contributed by atoms with Gasteiger partial charge in [0.05, 0.1) is 0 Å². The molecule has 0 bridgehead atoms. The molecule has 0 spiro atoms. The van der Waals surface area contributed by atoms with E-state index in [0.29, 0.717) is 11.8 Å². The number of halogens is 2. The van der Waals surface area contributed by atoms with Gasteiger partial charge in [0, 0.05) is 95.2 Å². The molecule has 6 aromatic rings. The van der Waals surface area contributed by atoms with E-state index in [1.807, 2.05) is 73.3 Å². The van der Waals surface area contributed by atoms with Crippen molar-refractivity contribution in [2.75, 3.05) is 36.0 Å². The maximum absolute atomic E-state index is 6.50. The summed E-state index contributed by atoms with van der Waals surface area (Å²) in [5, 5.41) is 3.90. The Bertz CT molecular complexity index is 1780.